The predicted octanol–water partition coefficient (Wildman–Crippen LogP) is -1.53. The Morgan fingerprint density at radius 2 is 1.26 bits per heavy atom. The fourth-order valence-electron chi connectivity index (χ4n) is 8.69. The number of carboxylic acid groups (broad SMARTS) is 1. The second kappa shape index (κ2) is 32.0. The van der Waals surface area contributed by atoms with E-state index in [0.29, 0.717) is 11.1 Å². The number of carbonyl (C=O) groups is 9. The van der Waals surface area contributed by atoms with Crippen LogP contribution in [0.4, 0.5) is 0 Å². The highest BCUT2D eigenvalue weighted by atomic mass is 16.5. The Morgan fingerprint density at radius 3 is 1.93 bits per heavy atom. The number of benzene rings is 3. The highest BCUT2D eigenvalue weighted by Crippen LogP contribution is 2.20. The zero-order valence-corrected chi connectivity index (χ0v) is 44.5. The maximum atomic E-state index is 14.8. The van der Waals surface area contributed by atoms with Gasteiger partial charge in [0.15, 0.2) is 11.9 Å². The van der Waals surface area contributed by atoms with Crippen LogP contribution >= 0.6 is 0 Å². The Bertz CT molecular complexity index is 2800. The summed E-state index contributed by atoms with van der Waals surface area (Å²) in [7, 11) is 0. The van der Waals surface area contributed by atoms with E-state index < -0.39 is 102 Å². The quantitative estimate of drug-likeness (QED) is 0.0271. The first-order valence-electron chi connectivity index (χ1n) is 26.3. The molecule has 0 saturated carbocycles. The third-order valence-corrected chi connectivity index (χ3v) is 12.8. The lowest BCUT2D eigenvalue weighted by Gasteiger charge is -2.28. The lowest BCUT2D eigenvalue weighted by Crippen LogP contribution is -2.61. The average Bonchev–Trinajstić information content (AvgIpc) is 3.87. The van der Waals surface area contributed by atoms with Crippen molar-refractivity contribution in [3.63, 3.8) is 0 Å². The third-order valence-electron chi connectivity index (χ3n) is 12.8. The molecule has 0 aliphatic carbocycles. The SMILES string of the molecule is CC(=O)N[C@@H](CCCN=C(N)N)C(=O)N[C@H]1CCCNC(=O)CC[C@@H](C(=O)O)NC(=O)[C@H](Cc2c[nH]c3ccccc23)NC(=O)[C@H](CCCN=C(N)N)NC(=O)[C@@H](Cc2ccccc2)NC(=O)[C@H](COCc2ccccc2)NC1=O. The number of hydrogen-bond acceptors (Lipinski definition) is 12. The third kappa shape index (κ3) is 21.0. The minimum Gasteiger partial charge on any atom is -0.480 e. The number of rotatable bonds is 20. The summed E-state index contributed by atoms with van der Waals surface area (Å²) in [6, 6.07) is 14.8. The van der Waals surface area contributed by atoms with Crippen LogP contribution < -0.4 is 65.5 Å². The summed E-state index contributed by atoms with van der Waals surface area (Å²) < 4.78 is 6.00. The van der Waals surface area contributed by atoms with Gasteiger partial charge in [-0.3, -0.25) is 48.3 Å². The number of nitrogens with two attached hydrogens (primary N) is 4. The van der Waals surface area contributed by atoms with Crippen molar-refractivity contribution in [2.24, 2.45) is 32.9 Å². The Morgan fingerprint density at radius 1 is 0.688 bits per heavy atom. The van der Waals surface area contributed by atoms with Crippen molar-refractivity contribution < 1.29 is 53.0 Å². The monoisotopic (exact) mass is 1110 g/mol. The van der Waals surface area contributed by atoms with Crippen LogP contribution in [0.1, 0.15) is 75.0 Å². The Hall–Kier alpha value is -9.07. The molecule has 0 bridgehead atoms. The molecular weight excluding hydrogens is 1030 g/mol. The number of carboxylic acids is 1. The largest absolute Gasteiger partial charge is 0.480 e. The first-order valence-corrected chi connectivity index (χ1v) is 26.3. The van der Waals surface area contributed by atoms with Gasteiger partial charge in [-0.2, -0.15) is 0 Å². The molecule has 0 spiro atoms. The minimum atomic E-state index is -1.61. The summed E-state index contributed by atoms with van der Waals surface area (Å²) in [5, 5.41) is 32.3. The second-order valence-electron chi connectivity index (χ2n) is 19.1. The molecule has 18 N–H and O–H groups in total. The number of para-hydroxylation sites is 1. The number of carbonyl (C=O) groups excluding carboxylic acids is 8. The molecule has 5 rings (SSSR count). The molecule has 1 aromatic heterocycles. The number of guanidine groups is 2. The van der Waals surface area contributed by atoms with Gasteiger partial charge in [0.05, 0.1) is 13.2 Å². The van der Waals surface area contributed by atoms with E-state index in [-0.39, 0.29) is 102 Å². The number of aliphatic imine (C=N–C) groups is 2. The van der Waals surface area contributed by atoms with E-state index >= 15 is 0 Å². The van der Waals surface area contributed by atoms with Gasteiger partial charge in [-0.05, 0) is 67.7 Å². The number of hydrogen-bond donors (Lipinski definition) is 14. The van der Waals surface area contributed by atoms with Crippen molar-refractivity contribution in [2.45, 2.75) is 120 Å². The summed E-state index contributed by atoms with van der Waals surface area (Å²) in [6.07, 6.45) is 0.830. The number of aromatic nitrogens is 1. The van der Waals surface area contributed by atoms with Gasteiger partial charge in [0, 0.05) is 62.9 Å². The lowest BCUT2D eigenvalue weighted by molar-refractivity contribution is -0.142. The van der Waals surface area contributed by atoms with Crippen LogP contribution in [0.5, 0.6) is 0 Å². The molecule has 0 unspecified atom stereocenters. The van der Waals surface area contributed by atoms with Crippen LogP contribution in [0.15, 0.2) is 101 Å². The molecular formula is C54H73N15O11. The van der Waals surface area contributed by atoms with Crippen molar-refractivity contribution in [1.29, 1.82) is 0 Å². The Balaban J connectivity index is 1.55. The van der Waals surface area contributed by atoms with Crippen molar-refractivity contribution >= 4 is 76.0 Å². The number of ether oxygens (including phenoxy) is 1. The minimum absolute atomic E-state index is 0.00426. The molecule has 3 aromatic carbocycles. The molecule has 26 heteroatoms. The molecule has 8 amide bonds. The van der Waals surface area contributed by atoms with Gasteiger partial charge in [0.25, 0.3) is 0 Å². The molecule has 1 fully saturated rings. The normalized spacial score (nSPS) is 20.5. The smallest absolute Gasteiger partial charge is 0.326 e. The van der Waals surface area contributed by atoms with Crippen LogP contribution in [0.2, 0.25) is 0 Å². The summed E-state index contributed by atoms with van der Waals surface area (Å²) in [5.74, 6) is -8.19. The molecule has 4 aromatic rings. The highest BCUT2D eigenvalue weighted by molar-refractivity contribution is 5.98. The van der Waals surface area contributed by atoms with Gasteiger partial charge >= 0.3 is 5.97 Å². The van der Waals surface area contributed by atoms with Gasteiger partial charge in [-0.25, -0.2) is 4.79 Å². The summed E-state index contributed by atoms with van der Waals surface area (Å²) >= 11 is 0. The van der Waals surface area contributed by atoms with E-state index in [1.54, 1.807) is 79.0 Å². The number of fused-ring (bicyclic) bond motifs is 1. The molecule has 1 aliphatic rings. The molecule has 7 atom stereocenters. The van der Waals surface area contributed by atoms with E-state index in [2.05, 4.69) is 57.5 Å². The van der Waals surface area contributed by atoms with Crippen LogP contribution in [0, 0.1) is 0 Å². The summed E-state index contributed by atoms with van der Waals surface area (Å²) in [6.45, 7) is 0.823. The predicted molar refractivity (Wildman–Crippen MR) is 296 cm³/mol. The van der Waals surface area contributed by atoms with E-state index in [1.165, 1.54) is 6.92 Å². The molecule has 26 nitrogen and oxygen atoms in total. The van der Waals surface area contributed by atoms with Crippen molar-refractivity contribution in [3.8, 4) is 0 Å². The van der Waals surface area contributed by atoms with Crippen molar-refractivity contribution in [1.82, 2.24) is 47.5 Å². The number of H-pyrrole nitrogens is 1. The van der Waals surface area contributed by atoms with Gasteiger partial charge in [-0.15, -0.1) is 0 Å². The van der Waals surface area contributed by atoms with E-state index in [1.807, 2.05) is 12.1 Å². The first-order chi connectivity index (χ1) is 38.4. The zero-order valence-electron chi connectivity index (χ0n) is 44.5. The topological polar surface area (TPSA) is 424 Å². The van der Waals surface area contributed by atoms with Crippen LogP contribution in [0.3, 0.4) is 0 Å². The average molecular weight is 1110 g/mol. The number of nitrogens with zero attached hydrogens (tertiary/aromatic N) is 2. The van der Waals surface area contributed by atoms with E-state index in [0.717, 1.165) is 16.5 Å². The zero-order chi connectivity index (χ0) is 58.0. The maximum Gasteiger partial charge on any atom is 0.326 e. The second-order valence-corrected chi connectivity index (χ2v) is 19.1. The summed E-state index contributed by atoms with van der Waals surface area (Å²) in [5.41, 5.74) is 24.7. The van der Waals surface area contributed by atoms with Crippen LogP contribution in [0.25, 0.3) is 10.9 Å². The number of nitrogens with one attached hydrogen (secondary N) is 9. The fraction of sp³-hybridized carbons (Fsp3) is 0.426. The van der Waals surface area contributed by atoms with Gasteiger partial charge in [0.2, 0.25) is 47.3 Å². The molecule has 80 heavy (non-hydrogen) atoms. The molecule has 2 heterocycles. The maximum absolute atomic E-state index is 14.8. The van der Waals surface area contributed by atoms with Gasteiger partial charge in [-0.1, -0.05) is 78.9 Å². The number of amides is 8. The standard InChI is InChI=1S/C54H73N15O11/c1-32(70)63-38(19-11-25-60-53(55)56)46(72)64-40-20-10-24-59-45(71)23-22-41(52(78)79)66-50(76)43(28-35-29-62-37-18-9-8-17-36(35)37)68-47(73)39(21-12-26-61-54(57)58)65-49(75)42(27-33-13-4-2-5-14-33)67-51(77)44(69-48(40)74)31-80-30-34-15-6-3-7-16-34/h2-9,13-18,29,38-44,62H,10-12,19-28,30-31H2,1H3,(H,59,71)(H,63,70)(H,64,72)(H,65,75)(H,66,76)(H,67,77)(H,68,73)(H,69,74)(H,78,79)(H4,55,56,60)(H4,57,58,61)/t38-,39-,40-,41-,42+,43-,44-/m0/s1. The summed E-state index contributed by atoms with van der Waals surface area (Å²) in [4.78, 5) is 136. The number of aromatic amines is 1. The van der Waals surface area contributed by atoms with Crippen LogP contribution in [-0.2, 0) is 67.3 Å². The first kappa shape index (κ1) is 61.8. The van der Waals surface area contributed by atoms with Crippen LogP contribution in [-0.4, -0.2) is 144 Å². The molecule has 1 aliphatic heterocycles. The van der Waals surface area contributed by atoms with E-state index in [9.17, 15) is 48.3 Å². The van der Waals surface area contributed by atoms with E-state index in [4.69, 9.17) is 27.7 Å². The Kier molecular flexibility index (Phi) is 24.7. The lowest BCUT2D eigenvalue weighted by atomic mass is 10.0. The van der Waals surface area contributed by atoms with Crippen molar-refractivity contribution in [2.75, 3.05) is 26.2 Å². The highest BCUT2D eigenvalue weighted by Gasteiger charge is 2.35. The Labute approximate surface area is 462 Å². The fourth-order valence-corrected chi connectivity index (χ4v) is 8.69. The molecule has 1 saturated heterocycles. The van der Waals surface area contributed by atoms with Gasteiger partial charge < -0.3 is 80.3 Å². The van der Waals surface area contributed by atoms with Crippen molar-refractivity contribution in [3.05, 3.63) is 108 Å². The van der Waals surface area contributed by atoms with Gasteiger partial charge in [0.1, 0.15) is 42.3 Å². The molecule has 430 valence electrons. The molecule has 0 radical (unpaired) electrons. The number of aliphatic carboxylic acids is 1.